The van der Waals surface area contributed by atoms with Gasteiger partial charge in [-0.3, -0.25) is 0 Å². The number of benzene rings is 1. The number of nitrogens with zero attached hydrogens (tertiary/aromatic N) is 2. The SMILES string of the molecule is COc1cc([C@@H]2c3cccn3CCN2C(=O)NC2CCCCC2)cc(OC)c1OC. The van der Waals surface area contributed by atoms with E-state index in [0.717, 1.165) is 30.6 Å². The van der Waals surface area contributed by atoms with Crippen LogP contribution in [0.5, 0.6) is 17.2 Å². The number of hydrogen-bond acceptors (Lipinski definition) is 4. The average Bonchev–Trinajstić information content (AvgIpc) is 3.26. The Labute approximate surface area is 177 Å². The lowest BCUT2D eigenvalue weighted by molar-refractivity contribution is 0.162. The van der Waals surface area contributed by atoms with E-state index in [4.69, 9.17) is 14.2 Å². The van der Waals surface area contributed by atoms with Crippen molar-refractivity contribution in [3.05, 3.63) is 41.7 Å². The molecule has 1 aromatic heterocycles. The lowest BCUT2D eigenvalue weighted by Crippen LogP contribution is -2.50. The van der Waals surface area contributed by atoms with Crippen LogP contribution < -0.4 is 19.5 Å². The largest absolute Gasteiger partial charge is 0.493 e. The van der Waals surface area contributed by atoms with Gasteiger partial charge in [0, 0.05) is 31.0 Å². The zero-order valence-electron chi connectivity index (χ0n) is 18.0. The second-order valence-electron chi connectivity index (χ2n) is 7.97. The van der Waals surface area contributed by atoms with Crippen molar-refractivity contribution in [1.82, 2.24) is 14.8 Å². The molecule has 4 rings (SSSR count). The second-order valence-corrected chi connectivity index (χ2v) is 7.97. The summed E-state index contributed by atoms with van der Waals surface area (Å²) in [6.45, 7) is 1.42. The number of rotatable bonds is 5. The first-order valence-corrected chi connectivity index (χ1v) is 10.7. The lowest BCUT2D eigenvalue weighted by Gasteiger charge is -2.38. The molecule has 0 saturated heterocycles. The Morgan fingerprint density at radius 1 is 1.00 bits per heavy atom. The molecule has 162 valence electrons. The molecular formula is C23H31N3O4. The minimum atomic E-state index is -0.231. The van der Waals surface area contributed by atoms with Gasteiger partial charge in [-0.2, -0.15) is 0 Å². The van der Waals surface area contributed by atoms with Gasteiger partial charge in [-0.15, -0.1) is 0 Å². The predicted molar refractivity (Wildman–Crippen MR) is 114 cm³/mol. The van der Waals surface area contributed by atoms with Gasteiger partial charge in [0.15, 0.2) is 11.5 Å². The van der Waals surface area contributed by atoms with Crippen LogP contribution in [0.15, 0.2) is 30.5 Å². The van der Waals surface area contributed by atoms with E-state index in [0.29, 0.717) is 23.8 Å². The third-order valence-corrected chi connectivity index (χ3v) is 6.23. The van der Waals surface area contributed by atoms with Gasteiger partial charge in [-0.05, 0) is 42.7 Å². The topological polar surface area (TPSA) is 65.0 Å². The summed E-state index contributed by atoms with van der Waals surface area (Å²) in [7, 11) is 4.81. The Balaban J connectivity index is 1.71. The van der Waals surface area contributed by atoms with Crippen molar-refractivity contribution in [2.75, 3.05) is 27.9 Å². The Bertz CT molecular complexity index is 863. The fourth-order valence-corrected chi connectivity index (χ4v) is 4.72. The molecule has 0 radical (unpaired) electrons. The third kappa shape index (κ3) is 3.80. The van der Waals surface area contributed by atoms with E-state index >= 15 is 0 Å². The number of hydrogen-bond donors (Lipinski definition) is 1. The van der Waals surface area contributed by atoms with Crippen molar-refractivity contribution in [2.24, 2.45) is 0 Å². The van der Waals surface area contributed by atoms with Crippen molar-refractivity contribution in [3.63, 3.8) is 0 Å². The maximum atomic E-state index is 13.3. The molecule has 1 N–H and O–H groups in total. The van der Waals surface area contributed by atoms with Gasteiger partial charge in [0.05, 0.1) is 27.4 Å². The average molecular weight is 414 g/mol. The Morgan fingerprint density at radius 3 is 2.33 bits per heavy atom. The molecule has 30 heavy (non-hydrogen) atoms. The third-order valence-electron chi connectivity index (χ3n) is 6.23. The number of carbonyl (C=O) groups is 1. The molecule has 1 fully saturated rings. The first-order valence-electron chi connectivity index (χ1n) is 10.7. The van der Waals surface area contributed by atoms with Gasteiger partial charge in [0.1, 0.15) is 0 Å². The summed E-state index contributed by atoms with van der Waals surface area (Å²) in [5.74, 6) is 1.72. The summed E-state index contributed by atoms with van der Waals surface area (Å²) >= 11 is 0. The van der Waals surface area contributed by atoms with E-state index in [-0.39, 0.29) is 18.1 Å². The Hall–Kier alpha value is -2.83. The fraction of sp³-hybridized carbons (Fsp3) is 0.522. The lowest BCUT2D eigenvalue weighted by atomic mass is 9.95. The number of aromatic nitrogens is 1. The van der Waals surface area contributed by atoms with E-state index in [1.54, 1.807) is 21.3 Å². The molecule has 2 heterocycles. The number of ether oxygens (including phenoxy) is 3. The highest BCUT2D eigenvalue weighted by atomic mass is 16.5. The van der Waals surface area contributed by atoms with E-state index in [1.165, 1.54) is 19.3 Å². The van der Waals surface area contributed by atoms with Crippen LogP contribution in [-0.2, 0) is 6.54 Å². The summed E-state index contributed by atoms with van der Waals surface area (Å²) in [6, 6.07) is 8.02. The number of carbonyl (C=O) groups excluding carboxylic acids is 1. The van der Waals surface area contributed by atoms with E-state index in [9.17, 15) is 4.79 Å². The quantitative estimate of drug-likeness (QED) is 0.806. The van der Waals surface area contributed by atoms with Crippen LogP contribution in [0, 0.1) is 0 Å². The van der Waals surface area contributed by atoms with Gasteiger partial charge < -0.3 is 29.0 Å². The molecule has 0 unspecified atom stereocenters. The number of nitrogens with one attached hydrogen (secondary N) is 1. The number of amides is 2. The van der Waals surface area contributed by atoms with Crippen molar-refractivity contribution >= 4 is 6.03 Å². The molecule has 1 aliphatic carbocycles. The van der Waals surface area contributed by atoms with Crippen molar-refractivity contribution in [2.45, 2.75) is 50.7 Å². The predicted octanol–water partition coefficient (Wildman–Crippen LogP) is 3.96. The van der Waals surface area contributed by atoms with Crippen LogP contribution in [0.25, 0.3) is 0 Å². The fourth-order valence-electron chi connectivity index (χ4n) is 4.72. The molecule has 0 bridgehead atoms. The van der Waals surface area contributed by atoms with Gasteiger partial charge in [-0.25, -0.2) is 4.79 Å². The maximum absolute atomic E-state index is 13.3. The van der Waals surface area contributed by atoms with Crippen molar-refractivity contribution < 1.29 is 19.0 Å². The van der Waals surface area contributed by atoms with Crippen LogP contribution in [0.1, 0.15) is 49.4 Å². The highest BCUT2D eigenvalue weighted by Gasteiger charge is 2.34. The van der Waals surface area contributed by atoms with Crippen LogP contribution in [0.4, 0.5) is 4.79 Å². The number of fused-ring (bicyclic) bond motifs is 1. The summed E-state index contributed by atoms with van der Waals surface area (Å²) in [4.78, 5) is 15.3. The summed E-state index contributed by atoms with van der Waals surface area (Å²) in [6.07, 6.45) is 7.82. The zero-order valence-corrected chi connectivity index (χ0v) is 18.0. The first kappa shape index (κ1) is 20.4. The molecule has 7 heteroatoms. The summed E-state index contributed by atoms with van der Waals surface area (Å²) in [5, 5.41) is 3.28. The van der Waals surface area contributed by atoms with Gasteiger partial charge in [0.2, 0.25) is 5.75 Å². The van der Waals surface area contributed by atoms with Gasteiger partial charge in [-0.1, -0.05) is 19.3 Å². The summed E-state index contributed by atoms with van der Waals surface area (Å²) in [5.41, 5.74) is 2.01. The van der Waals surface area contributed by atoms with Crippen molar-refractivity contribution in [3.8, 4) is 17.2 Å². The molecule has 7 nitrogen and oxygen atoms in total. The maximum Gasteiger partial charge on any atom is 0.318 e. The molecule has 1 atom stereocenters. The highest BCUT2D eigenvalue weighted by Crippen LogP contribution is 2.43. The highest BCUT2D eigenvalue weighted by molar-refractivity contribution is 5.76. The van der Waals surface area contributed by atoms with Crippen LogP contribution >= 0.6 is 0 Å². The molecule has 2 amide bonds. The van der Waals surface area contributed by atoms with Crippen LogP contribution in [0.2, 0.25) is 0 Å². The zero-order chi connectivity index (χ0) is 21.1. The Morgan fingerprint density at radius 2 is 1.70 bits per heavy atom. The van der Waals surface area contributed by atoms with Crippen molar-refractivity contribution in [1.29, 1.82) is 0 Å². The molecule has 1 aromatic carbocycles. The molecule has 0 spiro atoms. The normalized spacial score (nSPS) is 19.2. The molecule has 2 aliphatic rings. The second kappa shape index (κ2) is 8.90. The summed E-state index contributed by atoms with van der Waals surface area (Å²) < 4.78 is 18.8. The van der Waals surface area contributed by atoms with Gasteiger partial charge in [0.25, 0.3) is 0 Å². The van der Waals surface area contributed by atoms with Gasteiger partial charge >= 0.3 is 6.03 Å². The standard InChI is InChI=1S/C23H31N3O4/c1-28-19-14-16(15-20(29-2)22(19)30-3)21-18-10-7-11-25(18)12-13-26(21)23(27)24-17-8-5-4-6-9-17/h7,10-11,14-15,17,21H,4-6,8-9,12-13H2,1-3H3,(H,24,27)/t21-/m1/s1. The first-order chi connectivity index (χ1) is 14.7. The van der Waals surface area contributed by atoms with Crippen LogP contribution in [-0.4, -0.2) is 49.4 Å². The monoisotopic (exact) mass is 413 g/mol. The van der Waals surface area contributed by atoms with Crippen LogP contribution in [0.3, 0.4) is 0 Å². The van der Waals surface area contributed by atoms with E-state index in [2.05, 4.69) is 22.1 Å². The number of methoxy groups -OCH3 is 3. The minimum Gasteiger partial charge on any atom is -0.493 e. The molecule has 1 saturated carbocycles. The molecule has 2 aromatic rings. The smallest absolute Gasteiger partial charge is 0.318 e. The van der Waals surface area contributed by atoms with E-state index < -0.39 is 0 Å². The molecular weight excluding hydrogens is 382 g/mol. The molecule has 1 aliphatic heterocycles. The van der Waals surface area contributed by atoms with E-state index in [1.807, 2.05) is 23.1 Å². The minimum absolute atomic E-state index is 0.00639. The number of urea groups is 1. The Kier molecular flexibility index (Phi) is 6.06.